The third-order valence-corrected chi connectivity index (χ3v) is 4.68. The summed E-state index contributed by atoms with van der Waals surface area (Å²) in [5, 5.41) is 2.89. The van der Waals surface area contributed by atoms with Crippen LogP contribution in [0.25, 0.3) is 6.08 Å². The van der Waals surface area contributed by atoms with E-state index in [0.717, 1.165) is 17.0 Å². The SMILES string of the molecule is COc1ccc(N2CC(NC(=O)/C=C\c3ccc4c(c3)OCO4)CC2=O)cc1. The van der Waals surface area contributed by atoms with E-state index in [4.69, 9.17) is 14.2 Å². The Morgan fingerprint density at radius 3 is 2.75 bits per heavy atom. The Morgan fingerprint density at radius 1 is 1.18 bits per heavy atom. The highest BCUT2D eigenvalue weighted by Gasteiger charge is 2.31. The maximum atomic E-state index is 12.3. The first-order chi connectivity index (χ1) is 13.6. The molecule has 4 rings (SSSR count). The molecule has 0 aliphatic carbocycles. The molecule has 0 spiro atoms. The standard InChI is InChI=1S/C21H20N2O5/c1-26-17-6-4-16(5-7-17)23-12-15(11-21(23)25)22-20(24)9-3-14-2-8-18-19(10-14)28-13-27-18/h2-10,15H,11-13H2,1H3,(H,22,24)/b9-3-. The highest BCUT2D eigenvalue weighted by molar-refractivity contribution is 5.98. The average Bonchev–Trinajstić information content (AvgIpc) is 3.32. The van der Waals surface area contributed by atoms with Crippen molar-refractivity contribution in [2.75, 3.05) is 25.3 Å². The van der Waals surface area contributed by atoms with Crippen LogP contribution in [0.2, 0.25) is 0 Å². The number of rotatable bonds is 5. The third-order valence-electron chi connectivity index (χ3n) is 4.68. The van der Waals surface area contributed by atoms with Gasteiger partial charge in [-0.15, -0.1) is 0 Å². The molecule has 2 aromatic carbocycles. The van der Waals surface area contributed by atoms with E-state index in [-0.39, 0.29) is 31.1 Å². The first-order valence-corrected chi connectivity index (χ1v) is 8.95. The van der Waals surface area contributed by atoms with Crippen LogP contribution < -0.4 is 24.4 Å². The van der Waals surface area contributed by atoms with Crippen LogP contribution in [0.5, 0.6) is 17.2 Å². The number of benzene rings is 2. The van der Waals surface area contributed by atoms with Crippen LogP contribution in [0.15, 0.2) is 48.5 Å². The molecule has 0 aromatic heterocycles. The summed E-state index contributed by atoms with van der Waals surface area (Å²) in [6.45, 7) is 0.651. The third kappa shape index (κ3) is 3.78. The first kappa shape index (κ1) is 17.9. The second-order valence-corrected chi connectivity index (χ2v) is 6.56. The van der Waals surface area contributed by atoms with Gasteiger partial charge in [-0.1, -0.05) is 6.07 Å². The number of carbonyl (C=O) groups excluding carboxylic acids is 2. The highest BCUT2D eigenvalue weighted by Crippen LogP contribution is 2.32. The van der Waals surface area contributed by atoms with Crippen LogP contribution in [-0.2, 0) is 9.59 Å². The van der Waals surface area contributed by atoms with Crippen LogP contribution in [0.4, 0.5) is 5.69 Å². The van der Waals surface area contributed by atoms with Gasteiger partial charge in [0.05, 0.1) is 13.2 Å². The largest absolute Gasteiger partial charge is 0.497 e. The Hall–Kier alpha value is -3.48. The van der Waals surface area contributed by atoms with Crippen molar-refractivity contribution in [1.29, 1.82) is 0 Å². The number of methoxy groups -OCH3 is 1. The van der Waals surface area contributed by atoms with E-state index in [0.29, 0.717) is 18.0 Å². The smallest absolute Gasteiger partial charge is 0.244 e. The molecular formula is C21H20N2O5. The molecule has 7 nitrogen and oxygen atoms in total. The first-order valence-electron chi connectivity index (χ1n) is 8.95. The second kappa shape index (κ2) is 7.64. The molecular weight excluding hydrogens is 360 g/mol. The van der Waals surface area contributed by atoms with Gasteiger partial charge in [0.25, 0.3) is 0 Å². The number of ether oxygens (including phenoxy) is 3. The summed E-state index contributed by atoms with van der Waals surface area (Å²) in [5.41, 5.74) is 1.63. The van der Waals surface area contributed by atoms with Gasteiger partial charge in [0.15, 0.2) is 11.5 Å². The van der Waals surface area contributed by atoms with Gasteiger partial charge in [-0.2, -0.15) is 0 Å². The number of anilines is 1. The van der Waals surface area contributed by atoms with Crippen molar-refractivity contribution in [3.63, 3.8) is 0 Å². The van der Waals surface area contributed by atoms with Gasteiger partial charge in [0.1, 0.15) is 5.75 Å². The van der Waals surface area contributed by atoms with Gasteiger partial charge >= 0.3 is 0 Å². The Morgan fingerprint density at radius 2 is 1.96 bits per heavy atom. The number of nitrogens with one attached hydrogen (secondary N) is 1. The fourth-order valence-corrected chi connectivity index (χ4v) is 3.25. The van der Waals surface area contributed by atoms with Gasteiger partial charge < -0.3 is 24.4 Å². The topological polar surface area (TPSA) is 77.1 Å². The summed E-state index contributed by atoms with van der Waals surface area (Å²) in [7, 11) is 1.60. The van der Waals surface area contributed by atoms with Crippen molar-refractivity contribution >= 4 is 23.6 Å². The molecule has 1 unspecified atom stereocenters. The number of nitrogens with zero attached hydrogens (tertiary/aromatic N) is 1. The van der Waals surface area contributed by atoms with Crippen molar-refractivity contribution < 1.29 is 23.8 Å². The molecule has 0 radical (unpaired) electrons. The lowest BCUT2D eigenvalue weighted by molar-refractivity contribution is -0.117. The van der Waals surface area contributed by atoms with Crippen LogP contribution in [0, 0.1) is 0 Å². The number of hydrogen-bond donors (Lipinski definition) is 1. The molecule has 28 heavy (non-hydrogen) atoms. The lowest BCUT2D eigenvalue weighted by Gasteiger charge is -2.17. The molecule has 0 saturated carbocycles. The van der Waals surface area contributed by atoms with E-state index in [9.17, 15) is 9.59 Å². The minimum absolute atomic E-state index is 0.0183. The second-order valence-electron chi connectivity index (χ2n) is 6.56. The fourth-order valence-electron chi connectivity index (χ4n) is 3.25. The summed E-state index contributed by atoms with van der Waals surface area (Å²) in [6, 6.07) is 12.5. The molecule has 2 heterocycles. The summed E-state index contributed by atoms with van der Waals surface area (Å²) in [5.74, 6) is 1.83. The predicted octanol–water partition coefficient (Wildman–Crippen LogP) is 2.36. The summed E-state index contributed by atoms with van der Waals surface area (Å²) in [4.78, 5) is 26.2. The highest BCUT2D eigenvalue weighted by atomic mass is 16.7. The van der Waals surface area contributed by atoms with Crippen molar-refractivity contribution in [3.05, 3.63) is 54.1 Å². The molecule has 1 fully saturated rings. The lowest BCUT2D eigenvalue weighted by atomic mass is 10.2. The normalized spacial score (nSPS) is 18.0. The van der Waals surface area contributed by atoms with E-state index in [1.54, 1.807) is 18.1 Å². The maximum absolute atomic E-state index is 12.3. The van der Waals surface area contributed by atoms with Crippen LogP contribution in [0.1, 0.15) is 12.0 Å². The molecule has 1 N–H and O–H groups in total. The molecule has 2 aliphatic heterocycles. The van der Waals surface area contributed by atoms with Crippen LogP contribution >= 0.6 is 0 Å². The molecule has 144 valence electrons. The van der Waals surface area contributed by atoms with E-state index < -0.39 is 0 Å². The monoisotopic (exact) mass is 380 g/mol. The Kier molecular flexibility index (Phi) is 4.89. The molecule has 0 bridgehead atoms. The minimum atomic E-state index is -0.243. The molecule has 1 saturated heterocycles. The van der Waals surface area contributed by atoms with Gasteiger partial charge in [-0.25, -0.2) is 0 Å². The van der Waals surface area contributed by atoms with Gasteiger partial charge in [-0.3, -0.25) is 9.59 Å². The van der Waals surface area contributed by atoms with Crippen molar-refractivity contribution in [2.45, 2.75) is 12.5 Å². The fraction of sp³-hybridized carbons (Fsp3) is 0.238. The zero-order chi connectivity index (χ0) is 19.5. The molecule has 1 atom stereocenters. The quantitative estimate of drug-likeness (QED) is 0.806. The molecule has 2 aromatic rings. The lowest BCUT2D eigenvalue weighted by Crippen LogP contribution is -2.36. The van der Waals surface area contributed by atoms with E-state index in [1.807, 2.05) is 42.5 Å². The Bertz CT molecular complexity index is 923. The van der Waals surface area contributed by atoms with Crippen molar-refractivity contribution in [3.8, 4) is 17.2 Å². The molecule has 2 aliphatic rings. The Labute approximate surface area is 162 Å². The number of amides is 2. The zero-order valence-corrected chi connectivity index (χ0v) is 15.4. The zero-order valence-electron chi connectivity index (χ0n) is 15.4. The summed E-state index contributed by atoms with van der Waals surface area (Å²) >= 11 is 0. The van der Waals surface area contributed by atoms with Crippen LogP contribution in [0.3, 0.4) is 0 Å². The number of carbonyl (C=O) groups is 2. The van der Waals surface area contributed by atoms with Crippen molar-refractivity contribution in [1.82, 2.24) is 5.32 Å². The van der Waals surface area contributed by atoms with E-state index >= 15 is 0 Å². The Balaban J connectivity index is 1.35. The predicted molar refractivity (Wildman–Crippen MR) is 103 cm³/mol. The minimum Gasteiger partial charge on any atom is -0.497 e. The molecule has 7 heteroatoms. The van der Waals surface area contributed by atoms with Crippen LogP contribution in [-0.4, -0.2) is 38.3 Å². The summed E-state index contributed by atoms with van der Waals surface area (Å²) < 4.78 is 15.7. The van der Waals surface area contributed by atoms with Gasteiger partial charge in [0.2, 0.25) is 18.6 Å². The average molecular weight is 380 g/mol. The summed E-state index contributed by atoms with van der Waals surface area (Å²) in [6.07, 6.45) is 3.43. The van der Waals surface area contributed by atoms with Crippen molar-refractivity contribution in [2.24, 2.45) is 0 Å². The maximum Gasteiger partial charge on any atom is 0.244 e. The van der Waals surface area contributed by atoms with E-state index in [1.165, 1.54) is 6.08 Å². The van der Waals surface area contributed by atoms with E-state index in [2.05, 4.69) is 5.32 Å². The number of hydrogen-bond acceptors (Lipinski definition) is 5. The molecule has 2 amide bonds. The van der Waals surface area contributed by atoms with Gasteiger partial charge in [0, 0.05) is 24.7 Å². The van der Waals surface area contributed by atoms with Gasteiger partial charge in [-0.05, 0) is 48.0 Å². The number of fused-ring (bicyclic) bond motifs is 1.